The minimum atomic E-state index is 0.752. The van der Waals surface area contributed by atoms with E-state index in [9.17, 15) is 0 Å². The van der Waals surface area contributed by atoms with E-state index in [0.717, 1.165) is 31.2 Å². The summed E-state index contributed by atoms with van der Waals surface area (Å²) in [5, 5.41) is 4.81. The zero-order valence-electron chi connectivity index (χ0n) is 12.7. The van der Waals surface area contributed by atoms with E-state index in [4.69, 9.17) is 9.72 Å². The number of ether oxygens (including phenoxy) is 1. The number of hydrogen-bond acceptors (Lipinski definition) is 4. The fourth-order valence-electron chi connectivity index (χ4n) is 2.37. The van der Waals surface area contributed by atoms with Gasteiger partial charge in [-0.3, -0.25) is 0 Å². The van der Waals surface area contributed by atoms with Crippen LogP contribution in [0.4, 0.5) is 0 Å². The minimum Gasteiger partial charge on any atom is -0.497 e. The fraction of sp³-hybridized carbons (Fsp3) is 0.471. The van der Waals surface area contributed by atoms with Gasteiger partial charge in [-0.15, -0.1) is 11.3 Å². The van der Waals surface area contributed by atoms with Gasteiger partial charge in [0.2, 0.25) is 0 Å². The minimum absolute atomic E-state index is 0.752. The summed E-state index contributed by atoms with van der Waals surface area (Å²) in [7, 11) is 1.70. The van der Waals surface area contributed by atoms with Gasteiger partial charge in [-0.2, -0.15) is 0 Å². The molecule has 1 aromatic carbocycles. The highest BCUT2D eigenvalue weighted by atomic mass is 32.1. The lowest BCUT2D eigenvalue weighted by Gasteiger charge is -2.01. The van der Waals surface area contributed by atoms with Gasteiger partial charge in [0.15, 0.2) is 0 Å². The summed E-state index contributed by atoms with van der Waals surface area (Å²) in [6, 6.07) is 9.02. The summed E-state index contributed by atoms with van der Waals surface area (Å²) < 4.78 is 5.20. The predicted octanol–water partition coefficient (Wildman–Crippen LogP) is 3.56. The Kier molecular flexibility index (Phi) is 4.56. The highest BCUT2D eigenvalue weighted by molar-refractivity contribution is 7.11. The number of benzene rings is 1. The largest absolute Gasteiger partial charge is 0.497 e. The first-order valence-electron chi connectivity index (χ1n) is 7.62. The Labute approximate surface area is 130 Å². The van der Waals surface area contributed by atoms with E-state index in [1.807, 2.05) is 23.5 Å². The molecule has 1 aliphatic carbocycles. The Hall–Kier alpha value is -1.39. The summed E-state index contributed by atoms with van der Waals surface area (Å²) in [4.78, 5) is 6.22. The standard InChI is InChI=1S/C17H22N2OS/c1-3-15-16(11-18-13-6-7-13)21-17(19-15)10-12-4-8-14(20-2)9-5-12/h4-5,8-9,13,18H,3,6-7,10-11H2,1-2H3. The van der Waals surface area contributed by atoms with Crippen LogP contribution in [-0.4, -0.2) is 18.1 Å². The first-order valence-corrected chi connectivity index (χ1v) is 8.44. The number of methoxy groups -OCH3 is 1. The molecule has 0 bridgehead atoms. The summed E-state index contributed by atoms with van der Waals surface area (Å²) in [5.41, 5.74) is 2.55. The number of hydrogen-bond donors (Lipinski definition) is 1. The maximum absolute atomic E-state index is 5.20. The molecule has 0 amide bonds. The summed E-state index contributed by atoms with van der Waals surface area (Å²) in [5.74, 6) is 0.904. The van der Waals surface area contributed by atoms with Crippen molar-refractivity contribution < 1.29 is 4.74 Å². The van der Waals surface area contributed by atoms with Gasteiger partial charge in [0.1, 0.15) is 5.75 Å². The third kappa shape index (κ3) is 3.83. The number of aromatic nitrogens is 1. The number of nitrogens with one attached hydrogen (secondary N) is 1. The zero-order chi connectivity index (χ0) is 14.7. The molecule has 0 radical (unpaired) electrons. The molecule has 0 saturated heterocycles. The second kappa shape index (κ2) is 6.58. The molecule has 112 valence electrons. The third-order valence-electron chi connectivity index (χ3n) is 3.80. The Bertz CT molecular complexity index is 587. The molecule has 0 unspecified atom stereocenters. The monoisotopic (exact) mass is 302 g/mol. The smallest absolute Gasteiger partial charge is 0.118 e. The lowest BCUT2D eigenvalue weighted by molar-refractivity contribution is 0.414. The van der Waals surface area contributed by atoms with Crippen LogP contribution in [0.5, 0.6) is 5.75 Å². The second-order valence-electron chi connectivity index (χ2n) is 5.51. The molecule has 1 saturated carbocycles. The molecular formula is C17H22N2OS. The van der Waals surface area contributed by atoms with Crippen LogP contribution in [0.1, 0.15) is 40.9 Å². The van der Waals surface area contributed by atoms with Crippen LogP contribution in [0.2, 0.25) is 0 Å². The molecule has 0 aliphatic heterocycles. The summed E-state index contributed by atoms with van der Waals surface area (Å²) in [6.45, 7) is 3.17. The van der Waals surface area contributed by atoms with E-state index >= 15 is 0 Å². The Balaban J connectivity index is 1.68. The molecule has 0 atom stereocenters. The Morgan fingerprint density at radius 2 is 2.05 bits per heavy atom. The van der Waals surface area contributed by atoms with E-state index in [2.05, 4.69) is 24.4 Å². The van der Waals surface area contributed by atoms with E-state index in [-0.39, 0.29) is 0 Å². The van der Waals surface area contributed by atoms with Crippen molar-refractivity contribution >= 4 is 11.3 Å². The van der Waals surface area contributed by atoms with E-state index in [1.165, 1.54) is 34.0 Å². The van der Waals surface area contributed by atoms with Crippen molar-refractivity contribution in [1.29, 1.82) is 0 Å². The molecule has 1 aromatic heterocycles. The average molecular weight is 302 g/mol. The van der Waals surface area contributed by atoms with Gasteiger partial charge in [0.05, 0.1) is 17.8 Å². The average Bonchev–Trinajstić information content (AvgIpc) is 3.27. The van der Waals surface area contributed by atoms with Crippen LogP contribution < -0.4 is 10.1 Å². The molecule has 0 spiro atoms. The molecule has 1 N–H and O–H groups in total. The van der Waals surface area contributed by atoms with E-state index in [0.29, 0.717) is 0 Å². The molecule has 3 rings (SSSR count). The van der Waals surface area contributed by atoms with Gasteiger partial charge in [0, 0.05) is 23.9 Å². The van der Waals surface area contributed by atoms with Crippen molar-refractivity contribution in [2.45, 2.75) is 45.2 Å². The molecule has 2 aromatic rings. The first kappa shape index (κ1) is 14.5. The van der Waals surface area contributed by atoms with Crippen LogP contribution >= 0.6 is 11.3 Å². The van der Waals surface area contributed by atoms with Crippen molar-refractivity contribution in [3.8, 4) is 5.75 Å². The number of thiazole rings is 1. The van der Waals surface area contributed by atoms with Crippen LogP contribution in [0.15, 0.2) is 24.3 Å². The SMILES string of the molecule is CCc1nc(Cc2ccc(OC)cc2)sc1CNC1CC1. The first-order chi connectivity index (χ1) is 10.3. The van der Waals surface area contributed by atoms with Crippen molar-refractivity contribution in [3.05, 3.63) is 45.4 Å². The van der Waals surface area contributed by atoms with Gasteiger partial charge in [-0.05, 0) is 37.0 Å². The van der Waals surface area contributed by atoms with Crippen molar-refractivity contribution in [3.63, 3.8) is 0 Å². The molecule has 1 aliphatic rings. The van der Waals surface area contributed by atoms with Crippen LogP contribution in [-0.2, 0) is 19.4 Å². The number of rotatable bonds is 7. The third-order valence-corrected chi connectivity index (χ3v) is 4.90. The van der Waals surface area contributed by atoms with E-state index in [1.54, 1.807) is 7.11 Å². The molecule has 21 heavy (non-hydrogen) atoms. The molecule has 4 heteroatoms. The summed E-state index contributed by atoms with van der Waals surface area (Å²) in [6.07, 6.45) is 4.59. The lowest BCUT2D eigenvalue weighted by atomic mass is 10.1. The highest BCUT2D eigenvalue weighted by Crippen LogP contribution is 2.25. The van der Waals surface area contributed by atoms with Gasteiger partial charge < -0.3 is 10.1 Å². The fourth-order valence-corrected chi connectivity index (χ4v) is 3.51. The van der Waals surface area contributed by atoms with Crippen LogP contribution in [0.3, 0.4) is 0 Å². The predicted molar refractivity (Wildman–Crippen MR) is 87.2 cm³/mol. The second-order valence-corrected chi connectivity index (χ2v) is 6.68. The van der Waals surface area contributed by atoms with Crippen LogP contribution in [0, 0.1) is 0 Å². The van der Waals surface area contributed by atoms with Crippen molar-refractivity contribution in [2.24, 2.45) is 0 Å². The maximum atomic E-state index is 5.20. The highest BCUT2D eigenvalue weighted by Gasteiger charge is 2.21. The van der Waals surface area contributed by atoms with Gasteiger partial charge in [-0.1, -0.05) is 19.1 Å². The Morgan fingerprint density at radius 1 is 1.29 bits per heavy atom. The molecule has 1 heterocycles. The van der Waals surface area contributed by atoms with Gasteiger partial charge in [0.25, 0.3) is 0 Å². The lowest BCUT2D eigenvalue weighted by Crippen LogP contribution is -2.15. The molecule has 1 fully saturated rings. The van der Waals surface area contributed by atoms with E-state index < -0.39 is 0 Å². The summed E-state index contributed by atoms with van der Waals surface area (Å²) >= 11 is 1.85. The number of aryl methyl sites for hydroxylation is 1. The topological polar surface area (TPSA) is 34.1 Å². The van der Waals surface area contributed by atoms with Crippen molar-refractivity contribution in [1.82, 2.24) is 10.3 Å². The maximum Gasteiger partial charge on any atom is 0.118 e. The van der Waals surface area contributed by atoms with Crippen LogP contribution in [0.25, 0.3) is 0 Å². The quantitative estimate of drug-likeness (QED) is 0.849. The van der Waals surface area contributed by atoms with Gasteiger partial charge >= 0.3 is 0 Å². The Morgan fingerprint density at radius 3 is 2.67 bits per heavy atom. The normalized spacial score (nSPS) is 14.4. The molecular weight excluding hydrogens is 280 g/mol. The van der Waals surface area contributed by atoms with Gasteiger partial charge in [-0.25, -0.2) is 4.98 Å². The molecule has 3 nitrogen and oxygen atoms in total. The zero-order valence-corrected chi connectivity index (χ0v) is 13.5. The number of nitrogens with zero attached hydrogens (tertiary/aromatic N) is 1. The van der Waals surface area contributed by atoms with Crippen molar-refractivity contribution in [2.75, 3.05) is 7.11 Å².